The lowest BCUT2D eigenvalue weighted by Crippen LogP contribution is -2.40. The van der Waals surface area contributed by atoms with Crippen LogP contribution >= 0.6 is 27.3 Å². The van der Waals surface area contributed by atoms with Gasteiger partial charge in [0, 0.05) is 10.0 Å². The van der Waals surface area contributed by atoms with E-state index in [1.807, 2.05) is 25.1 Å². The maximum Gasteiger partial charge on any atom is 0.338 e. The van der Waals surface area contributed by atoms with Gasteiger partial charge in [-0.25, -0.2) is 14.2 Å². The minimum Gasteiger partial charge on any atom is -0.496 e. The van der Waals surface area contributed by atoms with E-state index in [0.717, 1.165) is 16.5 Å². The van der Waals surface area contributed by atoms with Gasteiger partial charge < -0.3 is 18.9 Å². The van der Waals surface area contributed by atoms with E-state index in [0.29, 0.717) is 55.4 Å². The van der Waals surface area contributed by atoms with Crippen molar-refractivity contribution in [1.29, 1.82) is 0 Å². The summed E-state index contributed by atoms with van der Waals surface area (Å²) in [6.45, 7) is 4.17. The van der Waals surface area contributed by atoms with Gasteiger partial charge in [-0.05, 0) is 73.0 Å². The van der Waals surface area contributed by atoms with E-state index >= 15 is 0 Å². The summed E-state index contributed by atoms with van der Waals surface area (Å²) in [5, 5.41) is 0. The van der Waals surface area contributed by atoms with Gasteiger partial charge in [-0.3, -0.25) is 9.36 Å². The van der Waals surface area contributed by atoms with Gasteiger partial charge in [-0.1, -0.05) is 58.8 Å². The fourth-order valence-electron chi connectivity index (χ4n) is 5.12. The molecule has 0 fully saturated rings. The highest BCUT2D eigenvalue weighted by Crippen LogP contribution is 2.38. The van der Waals surface area contributed by atoms with Crippen molar-refractivity contribution in [2.24, 2.45) is 4.99 Å². The van der Waals surface area contributed by atoms with Crippen LogP contribution in [0, 0.1) is 5.82 Å². The number of thiazole rings is 1. The monoisotopic (exact) mass is 694 g/mol. The number of esters is 1. The highest BCUT2D eigenvalue weighted by atomic mass is 79.9. The number of methoxy groups -OCH3 is 2. The Morgan fingerprint density at radius 3 is 2.44 bits per heavy atom. The molecule has 0 amide bonds. The summed E-state index contributed by atoms with van der Waals surface area (Å²) in [7, 11) is 3.09. The maximum absolute atomic E-state index is 14.2. The van der Waals surface area contributed by atoms with Gasteiger partial charge in [0.2, 0.25) is 0 Å². The minimum atomic E-state index is -0.812. The summed E-state index contributed by atoms with van der Waals surface area (Å²) >= 11 is 4.78. The second-order valence-corrected chi connectivity index (χ2v) is 12.1. The van der Waals surface area contributed by atoms with Crippen molar-refractivity contribution in [3.8, 4) is 17.2 Å². The molecule has 4 aromatic rings. The predicted octanol–water partition coefficient (Wildman–Crippen LogP) is 6.08. The number of fused-ring (bicyclic) bond motifs is 1. The molecule has 0 spiro atoms. The van der Waals surface area contributed by atoms with Crippen molar-refractivity contribution >= 4 is 39.3 Å². The van der Waals surface area contributed by atoms with Crippen LogP contribution in [0.1, 0.15) is 49.4 Å². The summed E-state index contributed by atoms with van der Waals surface area (Å²) < 4.78 is 38.7. The van der Waals surface area contributed by atoms with Crippen LogP contribution in [-0.4, -0.2) is 31.4 Å². The number of ether oxygens (including phenoxy) is 4. The molecule has 1 aromatic heterocycles. The Bertz CT molecular complexity index is 1930. The summed E-state index contributed by atoms with van der Waals surface area (Å²) in [6, 6.07) is 16.1. The smallest absolute Gasteiger partial charge is 0.338 e. The number of allylic oxidation sites excluding steroid dienone is 1. The molecule has 0 bridgehead atoms. The van der Waals surface area contributed by atoms with E-state index in [-0.39, 0.29) is 24.6 Å². The number of halogens is 2. The second kappa shape index (κ2) is 14.3. The lowest BCUT2D eigenvalue weighted by atomic mass is 9.93. The largest absolute Gasteiger partial charge is 0.496 e. The summed E-state index contributed by atoms with van der Waals surface area (Å²) in [5.74, 6) is 0.674. The molecule has 234 valence electrons. The Hall–Kier alpha value is -4.22. The molecule has 0 unspecified atom stereocenters. The van der Waals surface area contributed by atoms with E-state index in [9.17, 15) is 14.0 Å². The van der Waals surface area contributed by atoms with Crippen molar-refractivity contribution in [2.75, 3.05) is 20.8 Å². The maximum atomic E-state index is 14.2. The van der Waals surface area contributed by atoms with Gasteiger partial charge in [0.15, 0.2) is 16.3 Å². The van der Waals surface area contributed by atoms with Crippen LogP contribution in [0.2, 0.25) is 0 Å². The third-order valence-electron chi connectivity index (χ3n) is 7.17. The van der Waals surface area contributed by atoms with Crippen molar-refractivity contribution in [3.05, 3.63) is 119 Å². The van der Waals surface area contributed by atoms with Crippen LogP contribution in [0.5, 0.6) is 17.2 Å². The minimum absolute atomic E-state index is 0.180. The van der Waals surface area contributed by atoms with E-state index in [1.165, 1.54) is 30.6 Å². The summed E-state index contributed by atoms with van der Waals surface area (Å²) in [4.78, 5) is 32.9. The van der Waals surface area contributed by atoms with Crippen molar-refractivity contribution in [1.82, 2.24) is 4.57 Å². The quantitative estimate of drug-likeness (QED) is 0.177. The Kier molecular flexibility index (Phi) is 10.2. The van der Waals surface area contributed by atoms with Crippen LogP contribution in [0.25, 0.3) is 6.08 Å². The topological polar surface area (TPSA) is 88.4 Å². The molecule has 5 rings (SSSR count). The third-order valence-corrected chi connectivity index (χ3v) is 8.65. The number of carbonyl (C=O) groups excluding carboxylic acids is 1. The van der Waals surface area contributed by atoms with Crippen molar-refractivity contribution in [2.45, 2.75) is 39.3 Å². The third kappa shape index (κ3) is 6.89. The lowest BCUT2D eigenvalue weighted by molar-refractivity contribution is -0.139. The molecule has 0 saturated carbocycles. The fraction of sp³-hybridized carbons (Fsp3) is 0.265. The molecule has 2 heterocycles. The zero-order valence-corrected chi connectivity index (χ0v) is 27.7. The molecule has 1 aliphatic rings. The SMILES string of the molecule is CCCC1=C(C(=O)OCC)[C@H](c2cc(Br)ccc2OC)n2c(s/c(=C/c3ccc(OCc4ccc(F)cc4)c(OC)c3)c2=O)=N1. The van der Waals surface area contributed by atoms with Crippen LogP contribution in [-0.2, 0) is 16.1 Å². The standard InChI is InChI=1S/C34H32BrFN2O6S/c1-5-7-25-30(33(40)43-6-2)31(24-18-22(35)11-15-26(24)41-3)38-32(39)29(45-34(38)37-25)17-21-10-14-27(28(16-21)42-4)44-19-20-8-12-23(36)13-9-20/h8-18,31H,5-7,19H2,1-4H3/b29-17+/t31-/m0/s1. The number of rotatable bonds is 11. The van der Waals surface area contributed by atoms with E-state index < -0.39 is 12.0 Å². The molecule has 0 aliphatic carbocycles. The van der Waals surface area contributed by atoms with Gasteiger partial charge in [0.1, 0.15) is 24.2 Å². The molecule has 1 atom stereocenters. The average Bonchev–Trinajstić information content (AvgIpc) is 3.34. The molecule has 3 aromatic carbocycles. The molecule has 8 nitrogen and oxygen atoms in total. The lowest BCUT2D eigenvalue weighted by Gasteiger charge is -2.27. The molecule has 11 heteroatoms. The Morgan fingerprint density at radius 1 is 1.02 bits per heavy atom. The molecule has 0 radical (unpaired) electrons. The highest BCUT2D eigenvalue weighted by molar-refractivity contribution is 9.10. The molecule has 0 saturated heterocycles. The van der Waals surface area contributed by atoms with Crippen LogP contribution in [0.3, 0.4) is 0 Å². The Labute approximate surface area is 272 Å². The summed E-state index contributed by atoms with van der Waals surface area (Å²) in [6.07, 6.45) is 3.04. The van der Waals surface area contributed by atoms with Crippen LogP contribution < -0.4 is 29.1 Å². The number of benzene rings is 3. The zero-order chi connectivity index (χ0) is 32.1. The van der Waals surface area contributed by atoms with Gasteiger partial charge in [-0.15, -0.1) is 0 Å². The van der Waals surface area contributed by atoms with Gasteiger partial charge in [-0.2, -0.15) is 0 Å². The number of nitrogens with zero attached hydrogens (tertiary/aromatic N) is 2. The van der Waals surface area contributed by atoms with Gasteiger partial charge in [0.25, 0.3) is 5.56 Å². The average molecular weight is 696 g/mol. The van der Waals surface area contributed by atoms with Crippen molar-refractivity contribution < 1.29 is 28.1 Å². The Balaban J connectivity index is 1.61. The number of hydrogen-bond acceptors (Lipinski definition) is 8. The van der Waals surface area contributed by atoms with E-state index in [2.05, 4.69) is 15.9 Å². The first-order valence-corrected chi connectivity index (χ1v) is 16.0. The first-order chi connectivity index (χ1) is 21.8. The number of hydrogen-bond donors (Lipinski definition) is 0. The first-order valence-electron chi connectivity index (χ1n) is 14.4. The number of aromatic nitrogens is 1. The van der Waals surface area contributed by atoms with Crippen molar-refractivity contribution in [3.63, 3.8) is 0 Å². The summed E-state index contributed by atoms with van der Waals surface area (Å²) in [5.41, 5.74) is 2.75. The van der Waals surface area contributed by atoms with Gasteiger partial charge in [0.05, 0.1) is 36.6 Å². The fourth-order valence-corrected chi connectivity index (χ4v) is 6.52. The van der Waals surface area contributed by atoms with E-state index in [1.54, 1.807) is 55.0 Å². The molecular weight excluding hydrogens is 663 g/mol. The molecular formula is C34H32BrFN2O6S. The normalized spacial score (nSPS) is 14.5. The first kappa shape index (κ1) is 32.2. The number of carbonyl (C=O) groups is 1. The second-order valence-electron chi connectivity index (χ2n) is 10.1. The van der Waals surface area contributed by atoms with Crippen LogP contribution in [0.15, 0.2) is 86.2 Å². The zero-order valence-electron chi connectivity index (χ0n) is 25.3. The van der Waals surface area contributed by atoms with E-state index in [4.69, 9.17) is 23.9 Å². The van der Waals surface area contributed by atoms with Gasteiger partial charge >= 0.3 is 5.97 Å². The molecule has 0 N–H and O–H groups in total. The molecule has 1 aliphatic heterocycles. The van der Waals surface area contributed by atoms with Crippen LogP contribution in [0.4, 0.5) is 4.39 Å². The Morgan fingerprint density at radius 2 is 1.76 bits per heavy atom. The predicted molar refractivity (Wildman–Crippen MR) is 174 cm³/mol. The molecule has 45 heavy (non-hydrogen) atoms. The highest BCUT2D eigenvalue weighted by Gasteiger charge is 2.36.